The van der Waals surface area contributed by atoms with Gasteiger partial charge in [-0.05, 0) is 32.0 Å². The Bertz CT molecular complexity index is 1190. The number of piperidine rings is 1. The number of H-pyrrole nitrogens is 1. The van der Waals surface area contributed by atoms with Crippen LogP contribution in [0, 0.1) is 5.92 Å². The van der Waals surface area contributed by atoms with Crippen LogP contribution in [0.4, 0.5) is 0 Å². The van der Waals surface area contributed by atoms with Gasteiger partial charge < -0.3 is 25.1 Å². The first-order valence-electron chi connectivity index (χ1n) is 10.8. The molecule has 1 aromatic carbocycles. The maximum atomic E-state index is 12.6. The average molecular weight is 423 g/mol. The Balaban J connectivity index is 1.31. The van der Waals surface area contributed by atoms with E-state index in [-0.39, 0.29) is 29.0 Å². The van der Waals surface area contributed by atoms with Crippen molar-refractivity contribution in [2.75, 3.05) is 26.2 Å². The number of aromatic amines is 1. The molecule has 0 saturated carbocycles. The van der Waals surface area contributed by atoms with E-state index < -0.39 is 6.10 Å². The zero-order chi connectivity index (χ0) is 21.5. The number of fused-ring (bicyclic) bond motifs is 3. The fraction of sp³-hybridized carbons (Fsp3) is 0.476. The number of aliphatic hydroxyl groups excluding tert-OH is 1. The number of aliphatic hydroxyl groups is 1. The van der Waals surface area contributed by atoms with Gasteiger partial charge in [-0.2, -0.15) is 0 Å². The summed E-state index contributed by atoms with van der Waals surface area (Å²) >= 11 is 0. The number of carbonyl (C=O) groups excluding carboxylic acids is 1. The lowest BCUT2D eigenvalue weighted by Gasteiger charge is -2.24. The molecule has 2 aliphatic heterocycles. The van der Waals surface area contributed by atoms with Crippen LogP contribution in [0.3, 0.4) is 0 Å². The van der Waals surface area contributed by atoms with Gasteiger partial charge in [0, 0.05) is 24.4 Å². The summed E-state index contributed by atoms with van der Waals surface area (Å²) in [6, 6.07) is 5.42. The molecular weight excluding hydrogens is 397 g/mol. The van der Waals surface area contributed by atoms with Crippen molar-refractivity contribution in [3.05, 3.63) is 34.4 Å². The molecule has 2 aliphatic rings. The number of hydrogen-bond acceptors (Lipinski definition) is 7. The Labute approximate surface area is 179 Å². The summed E-state index contributed by atoms with van der Waals surface area (Å²) in [5.74, 6) is 0.528. The molecule has 0 radical (unpaired) electrons. The maximum Gasteiger partial charge on any atom is 0.294 e. The number of nitrogens with one attached hydrogen (secondary N) is 3. The van der Waals surface area contributed by atoms with Crippen molar-refractivity contribution < 1.29 is 14.3 Å². The molecule has 0 spiro atoms. The van der Waals surface area contributed by atoms with Gasteiger partial charge in [-0.1, -0.05) is 17.6 Å². The zero-order valence-electron chi connectivity index (χ0n) is 17.5. The van der Waals surface area contributed by atoms with Gasteiger partial charge in [0.1, 0.15) is 24.8 Å². The number of rotatable bonds is 4. The van der Waals surface area contributed by atoms with Crippen molar-refractivity contribution in [2.45, 2.75) is 31.5 Å². The van der Waals surface area contributed by atoms with Crippen molar-refractivity contribution in [2.24, 2.45) is 5.92 Å². The van der Waals surface area contributed by atoms with Crippen molar-refractivity contribution in [1.82, 2.24) is 25.5 Å². The smallest absolute Gasteiger partial charge is 0.294 e. The summed E-state index contributed by atoms with van der Waals surface area (Å²) in [6.07, 6.45) is 0.988. The van der Waals surface area contributed by atoms with E-state index in [9.17, 15) is 14.7 Å². The number of aromatic nitrogens is 2. The van der Waals surface area contributed by atoms with Crippen LogP contribution in [0.15, 0.2) is 27.4 Å². The third-order valence-electron chi connectivity index (χ3n) is 6.30. The van der Waals surface area contributed by atoms with Crippen molar-refractivity contribution in [3.8, 4) is 0 Å². The molecule has 1 amide bonds. The summed E-state index contributed by atoms with van der Waals surface area (Å²) in [6.45, 7) is 2.98. The van der Waals surface area contributed by atoms with Crippen LogP contribution in [0.25, 0.3) is 22.1 Å². The number of likely N-dealkylation sites (tertiary alicyclic amines) is 1. The van der Waals surface area contributed by atoms with Crippen LogP contribution >= 0.6 is 0 Å². The molecule has 0 aliphatic carbocycles. The fourth-order valence-corrected chi connectivity index (χ4v) is 4.62. The second-order valence-corrected chi connectivity index (χ2v) is 8.69. The highest BCUT2D eigenvalue weighted by Gasteiger charge is 2.34. The Morgan fingerprint density at radius 3 is 2.94 bits per heavy atom. The molecular formula is C21H26BN5O4. The van der Waals surface area contributed by atoms with Gasteiger partial charge in [-0.15, -0.1) is 0 Å². The number of furan rings is 1. The van der Waals surface area contributed by atoms with E-state index in [2.05, 4.69) is 20.6 Å². The molecule has 3 aromatic rings. The van der Waals surface area contributed by atoms with E-state index in [4.69, 9.17) is 4.42 Å². The largest absolute Gasteiger partial charge is 0.449 e. The highest BCUT2D eigenvalue weighted by atomic mass is 16.3. The van der Waals surface area contributed by atoms with E-state index in [1.54, 1.807) is 0 Å². The molecule has 5 rings (SSSR count). The highest BCUT2D eigenvalue weighted by molar-refractivity contribution is 6.33. The number of nitrogens with zero attached hydrogens (tertiary/aromatic N) is 2. The summed E-state index contributed by atoms with van der Waals surface area (Å²) in [7, 11) is 1.98. The molecule has 0 unspecified atom stereocenters. The monoisotopic (exact) mass is 423 g/mol. The van der Waals surface area contributed by atoms with Crippen LogP contribution in [0.5, 0.6) is 0 Å². The van der Waals surface area contributed by atoms with Gasteiger partial charge in [0.15, 0.2) is 0 Å². The van der Waals surface area contributed by atoms with Crippen molar-refractivity contribution in [3.63, 3.8) is 0 Å². The second-order valence-electron chi connectivity index (χ2n) is 8.69. The first kappa shape index (κ1) is 20.2. The lowest BCUT2D eigenvalue weighted by atomic mass is 9.95. The number of hydrogen-bond donors (Lipinski definition) is 4. The molecule has 4 N–H and O–H groups in total. The standard InChI is InChI=1S/C21H26BN5O4/c22-12-1-2-16-13(7-12)18-19(31-16)21(30)26-17(25-18)10-27-8-14(15(28)9-27)24-20(29)11-3-5-23-6-4-11/h1-2,7,11,14-15,23,28H,3-6,8-10,22H2,(H,24,29)(H,25,26,30)/t14-,15-/m1/s1. The number of amides is 1. The van der Waals surface area contributed by atoms with Gasteiger partial charge in [-0.3, -0.25) is 14.5 Å². The molecule has 2 aromatic heterocycles. The van der Waals surface area contributed by atoms with Crippen LogP contribution < -0.4 is 21.7 Å². The summed E-state index contributed by atoms with van der Waals surface area (Å²) in [4.78, 5) is 34.5. The van der Waals surface area contributed by atoms with Gasteiger partial charge in [0.05, 0.1) is 18.7 Å². The van der Waals surface area contributed by atoms with Crippen LogP contribution in [0.2, 0.25) is 0 Å². The SMILES string of the molecule is Bc1ccc2oc3c(=O)[nH]c(CN4C[C@@H](O)[C@H](NC(=O)C5CCNCC5)C4)nc3c2c1. The van der Waals surface area contributed by atoms with E-state index in [1.165, 1.54) is 0 Å². The average Bonchev–Trinajstić information content (AvgIpc) is 3.29. The first-order chi connectivity index (χ1) is 15.0. The lowest BCUT2D eigenvalue weighted by molar-refractivity contribution is -0.127. The first-order valence-corrected chi connectivity index (χ1v) is 10.8. The number of β-amino-alcohol motifs (C(OH)–C–C–N with tert-alkyl or cyclic N) is 1. The summed E-state index contributed by atoms with van der Waals surface area (Å²) < 4.78 is 5.69. The molecule has 2 atom stereocenters. The normalized spacial score (nSPS) is 23.0. The molecule has 2 saturated heterocycles. The van der Waals surface area contributed by atoms with E-state index in [1.807, 2.05) is 30.9 Å². The van der Waals surface area contributed by atoms with Gasteiger partial charge in [0.2, 0.25) is 11.5 Å². The zero-order valence-corrected chi connectivity index (χ0v) is 17.5. The topological polar surface area (TPSA) is 123 Å². The van der Waals surface area contributed by atoms with Gasteiger partial charge >= 0.3 is 0 Å². The second kappa shape index (κ2) is 8.10. The Hall–Kier alpha value is -2.69. The predicted octanol–water partition coefficient (Wildman–Crippen LogP) is -1.41. The maximum absolute atomic E-state index is 12.6. The minimum atomic E-state index is -0.654. The van der Waals surface area contributed by atoms with Crippen LogP contribution in [-0.2, 0) is 11.3 Å². The molecule has 2 fully saturated rings. The lowest BCUT2D eigenvalue weighted by Crippen LogP contribution is -2.47. The van der Waals surface area contributed by atoms with E-state index in [0.29, 0.717) is 36.6 Å². The molecule has 4 heterocycles. The van der Waals surface area contributed by atoms with Crippen LogP contribution in [-0.4, -0.2) is 72.1 Å². The van der Waals surface area contributed by atoms with E-state index in [0.717, 1.165) is 36.8 Å². The Morgan fingerprint density at radius 2 is 2.13 bits per heavy atom. The Morgan fingerprint density at radius 1 is 1.32 bits per heavy atom. The third kappa shape index (κ3) is 3.98. The van der Waals surface area contributed by atoms with Gasteiger partial charge in [0.25, 0.3) is 5.56 Å². The minimum Gasteiger partial charge on any atom is -0.449 e. The molecule has 162 valence electrons. The van der Waals surface area contributed by atoms with Crippen molar-refractivity contribution in [1.29, 1.82) is 0 Å². The summed E-state index contributed by atoms with van der Waals surface area (Å²) in [5.41, 5.74) is 2.15. The summed E-state index contributed by atoms with van der Waals surface area (Å²) in [5, 5.41) is 17.6. The Kier molecular flexibility index (Phi) is 5.29. The minimum absolute atomic E-state index is 0.000701. The van der Waals surface area contributed by atoms with Crippen molar-refractivity contribution >= 4 is 41.3 Å². The van der Waals surface area contributed by atoms with Gasteiger partial charge in [-0.25, -0.2) is 4.98 Å². The highest BCUT2D eigenvalue weighted by Crippen LogP contribution is 2.24. The molecule has 31 heavy (non-hydrogen) atoms. The predicted molar refractivity (Wildman–Crippen MR) is 119 cm³/mol. The number of carbonyl (C=O) groups is 1. The fourth-order valence-electron chi connectivity index (χ4n) is 4.62. The van der Waals surface area contributed by atoms with Crippen LogP contribution in [0.1, 0.15) is 18.7 Å². The third-order valence-corrected chi connectivity index (χ3v) is 6.30. The molecule has 0 bridgehead atoms. The molecule has 10 heteroatoms. The quantitative estimate of drug-likeness (QED) is 0.380. The number of benzene rings is 1. The van der Waals surface area contributed by atoms with E-state index >= 15 is 0 Å². The molecule has 9 nitrogen and oxygen atoms in total.